The monoisotopic (exact) mass is 414 g/mol. The number of anilines is 1. The quantitative estimate of drug-likeness (QED) is 0.812. The first kappa shape index (κ1) is 19.0. The summed E-state index contributed by atoms with van der Waals surface area (Å²) in [5, 5.41) is 0. The maximum atomic E-state index is 12.9. The Hall–Kier alpha value is -2.03. The lowest BCUT2D eigenvalue weighted by Gasteiger charge is -2.44. The highest BCUT2D eigenvalue weighted by molar-refractivity contribution is 7.15. The Kier molecular flexibility index (Phi) is 5.01. The molecule has 0 atom stereocenters. The number of amides is 1. The summed E-state index contributed by atoms with van der Waals surface area (Å²) in [5.41, 5.74) is 7.70. The van der Waals surface area contributed by atoms with Gasteiger partial charge < -0.3 is 20.1 Å². The molecule has 1 amide bonds. The molecule has 2 N–H and O–H groups in total. The lowest BCUT2D eigenvalue weighted by atomic mass is 9.84. The molecule has 5 heterocycles. The Morgan fingerprint density at radius 2 is 2.03 bits per heavy atom. The predicted octanol–water partition coefficient (Wildman–Crippen LogP) is 2.60. The molecule has 29 heavy (non-hydrogen) atoms. The molecule has 8 heteroatoms. The molecule has 0 aliphatic carbocycles. The number of carbonyl (C=O) groups excluding carboxylic acids is 1. The summed E-state index contributed by atoms with van der Waals surface area (Å²) in [4.78, 5) is 25.7. The van der Waals surface area contributed by atoms with Crippen LogP contribution in [0.4, 0.5) is 5.95 Å². The van der Waals surface area contributed by atoms with Crippen molar-refractivity contribution in [1.29, 1.82) is 0 Å². The second-order valence-electron chi connectivity index (χ2n) is 8.07. The highest BCUT2D eigenvalue weighted by Crippen LogP contribution is 2.47. The summed E-state index contributed by atoms with van der Waals surface area (Å²) in [5.74, 6) is 0.708. The summed E-state index contributed by atoms with van der Waals surface area (Å²) >= 11 is 1.75. The van der Waals surface area contributed by atoms with Gasteiger partial charge in [0.2, 0.25) is 11.9 Å². The van der Waals surface area contributed by atoms with Gasteiger partial charge in [0.15, 0.2) is 0 Å². The van der Waals surface area contributed by atoms with Crippen LogP contribution in [0.2, 0.25) is 0 Å². The molecule has 2 saturated heterocycles. The molecule has 0 aromatic carbocycles. The lowest BCUT2D eigenvalue weighted by Crippen LogP contribution is -2.49. The smallest absolute Gasteiger partial charge is 0.225 e. The van der Waals surface area contributed by atoms with Crippen LogP contribution in [0.25, 0.3) is 10.6 Å². The summed E-state index contributed by atoms with van der Waals surface area (Å²) in [7, 11) is 0. The van der Waals surface area contributed by atoms with E-state index in [1.807, 2.05) is 11.0 Å². The first-order valence-corrected chi connectivity index (χ1v) is 11.2. The molecular weight excluding hydrogens is 388 g/mol. The number of rotatable bonds is 2. The number of likely N-dealkylation sites (tertiary alicyclic amines) is 1. The van der Waals surface area contributed by atoms with Crippen LogP contribution in [0.3, 0.4) is 0 Å². The number of carbonyl (C=O) groups is 1. The van der Waals surface area contributed by atoms with Crippen molar-refractivity contribution >= 4 is 23.2 Å². The van der Waals surface area contributed by atoms with Crippen molar-refractivity contribution in [3.8, 4) is 10.6 Å². The minimum Gasteiger partial charge on any atom is -0.381 e. The summed E-state index contributed by atoms with van der Waals surface area (Å²) < 4.78 is 11.8. The lowest BCUT2D eigenvalue weighted by molar-refractivity contribution is -0.147. The second-order valence-corrected chi connectivity index (χ2v) is 9.12. The largest absolute Gasteiger partial charge is 0.381 e. The molecular formula is C21H26N4O3S. The van der Waals surface area contributed by atoms with Gasteiger partial charge in [-0.25, -0.2) is 9.97 Å². The van der Waals surface area contributed by atoms with Crippen LogP contribution >= 0.6 is 11.3 Å². The van der Waals surface area contributed by atoms with Crippen LogP contribution in [-0.4, -0.2) is 53.7 Å². The van der Waals surface area contributed by atoms with Gasteiger partial charge in [0, 0.05) is 43.3 Å². The van der Waals surface area contributed by atoms with Crippen LogP contribution in [0.1, 0.15) is 36.1 Å². The van der Waals surface area contributed by atoms with Crippen molar-refractivity contribution in [2.45, 2.75) is 37.7 Å². The van der Waals surface area contributed by atoms with E-state index >= 15 is 0 Å². The zero-order chi connectivity index (χ0) is 19.8. The number of hydrogen-bond acceptors (Lipinski definition) is 7. The Morgan fingerprint density at radius 3 is 2.79 bits per heavy atom. The third-order valence-electron chi connectivity index (χ3n) is 6.35. The van der Waals surface area contributed by atoms with Crippen molar-refractivity contribution < 1.29 is 14.3 Å². The number of thiophene rings is 1. The molecule has 0 unspecified atom stereocenters. The van der Waals surface area contributed by atoms with Crippen molar-refractivity contribution in [3.63, 3.8) is 0 Å². The Morgan fingerprint density at radius 1 is 1.24 bits per heavy atom. The Balaban J connectivity index is 1.35. The van der Waals surface area contributed by atoms with Gasteiger partial charge >= 0.3 is 0 Å². The molecule has 3 aliphatic rings. The van der Waals surface area contributed by atoms with Crippen molar-refractivity contribution in [2.24, 2.45) is 5.92 Å². The second kappa shape index (κ2) is 7.66. The number of nitrogens with two attached hydrogens (primary N) is 1. The highest BCUT2D eigenvalue weighted by atomic mass is 32.1. The maximum Gasteiger partial charge on any atom is 0.225 e. The number of hydrogen-bond donors (Lipinski definition) is 1. The molecule has 2 aromatic heterocycles. The molecule has 3 aliphatic heterocycles. The summed E-state index contributed by atoms with van der Waals surface area (Å²) in [6.07, 6.45) is 6.00. The molecule has 5 rings (SSSR count). The van der Waals surface area contributed by atoms with Crippen LogP contribution in [0.15, 0.2) is 18.3 Å². The Labute approximate surface area is 174 Å². The van der Waals surface area contributed by atoms with Gasteiger partial charge in [0.25, 0.3) is 0 Å². The summed E-state index contributed by atoms with van der Waals surface area (Å²) in [6, 6.07) is 4.13. The predicted molar refractivity (Wildman–Crippen MR) is 110 cm³/mol. The molecule has 0 bridgehead atoms. The van der Waals surface area contributed by atoms with E-state index in [2.05, 4.69) is 16.0 Å². The van der Waals surface area contributed by atoms with Crippen LogP contribution in [-0.2, 0) is 26.3 Å². The SMILES string of the molecule is Nc1nccc(-c2cc3c(s2)C2(CCN(C(=O)C4CCOCC4)CC2)OCC3)n1. The van der Waals surface area contributed by atoms with Gasteiger partial charge in [0.05, 0.1) is 17.2 Å². The van der Waals surface area contributed by atoms with Crippen molar-refractivity contribution in [1.82, 2.24) is 14.9 Å². The standard InChI is InChI=1S/C21H26N4O3S/c22-20-23-7-1-16(24-20)17-13-15-4-12-28-21(18(15)29-17)5-8-25(9-6-21)19(26)14-2-10-27-11-3-14/h1,7,13-14H,2-6,8-12H2,(H2,22,23,24). The van der Waals surface area contributed by atoms with Crippen LogP contribution in [0.5, 0.6) is 0 Å². The van der Waals surface area contributed by atoms with E-state index in [1.165, 1.54) is 10.4 Å². The van der Waals surface area contributed by atoms with Gasteiger partial charge in [-0.2, -0.15) is 0 Å². The normalized spacial score (nSPS) is 21.9. The first-order valence-electron chi connectivity index (χ1n) is 10.4. The van der Waals surface area contributed by atoms with E-state index in [0.717, 1.165) is 62.4 Å². The van der Waals surface area contributed by atoms with Crippen LogP contribution in [0, 0.1) is 5.92 Å². The number of nitrogens with zero attached hydrogens (tertiary/aromatic N) is 3. The fraction of sp³-hybridized carbons (Fsp3) is 0.571. The van der Waals surface area contributed by atoms with E-state index in [9.17, 15) is 4.79 Å². The molecule has 7 nitrogen and oxygen atoms in total. The maximum absolute atomic E-state index is 12.9. The molecule has 154 valence electrons. The van der Waals surface area contributed by atoms with Gasteiger partial charge in [-0.1, -0.05) is 0 Å². The number of aromatic nitrogens is 2. The van der Waals surface area contributed by atoms with Crippen LogP contribution < -0.4 is 5.73 Å². The van der Waals surface area contributed by atoms with Crippen molar-refractivity contribution in [3.05, 3.63) is 28.8 Å². The number of ether oxygens (including phenoxy) is 2. The molecule has 2 aromatic rings. The Bertz CT molecular complexity index is 901. The fourth-order valence-corrected chi connectivity index (χ4v) is 6.10. The minimum absolute atomic E-state index is 0.122. The third-order valence-corrected chi connectivity index (χ3v) is 7.74. The summed E-state index contributed by atoms with van der Waals surface area (Å²) in [6.45, 7) is 3.63. The molecule has 1 spiro atoms. The van der Waals surface area contributed by atoms with E-state index in [0.29, 0.717) is 25.1 Å². The highest BCUT2D eigenvalue weighted by Gasteiger charge is 2.44. The van der Waals surface area contributed by atoms with E-state index in [4.69, 9.17) is 15.2 Å². The average Bonchev–Trinajstić information content (AvgIpc) is 3.21. The molecule has 2 fully saturated rings. The van der Waals surface area contributed by atoms with E-state index in [1.54, 1.807) is 17.5 Å². The van der Waals surface area contributed by atoms with Gasteiger partial charge in [-0.15, -0.1) is 11.3 Å². The average molecular weight is 415 g/mol. The topological polar surface area (TPSA) is 90.6 Å². The minimum atomic E-state index is -0.276. The van der Waals surface area contributed by atoms with Crippen molar-refractivity contribution in [2.75, 3.05) is 38.6 Å². The van der Waals surface area contributed by atoms with E-state index in [-0.39, 0.29) is 11.5 Å². The number of fused-ring (bicyclic) bond motifs is 2. The molecule has 0 saturated carbocycles. The van der Waals surface area contributed by atoms with Gasteiger partial charge in [-0.05, 0) is 49.8 Å². The van der Waals surface area contributed by atoms with Gasteiger partial charge in [-0.3, -0.25) is 4.79 Å². The third kappa shape index (κ3) is 3.53. The van der Waals surface area contributed by atoms with E-state index < -0.39 is 0 Å². The van der Waals surface area contributed by atoms with Gasteiger partial charge in [0.1, 0.15) is 5.60 Å². The zero-order valence-corrected chi connectivity index (χ0v) is 17.2. The zero-order valence-electron chi connectivity index (χ0n) is 16.4. The number of nitrogen functional groups attached to an aromatic ring is 1. The first-order chi connectivity index (χ1) is 14.1. The number of piperidine rings is 1. The fourth-order valence-electron chi connectivity index (χ4n) is 4.72. The molecule has 0 radical (unpaired) electrons.